The lowest BCUT2D eigenvalue weighted by molar-refractivity contribution is 0.488. The van der Waals surface area contributed by atoms with Gasteiger partial charge in [0.1, 0.15) is 11.0 Å². The summed E-state index contributed by atoms with van der Waals surface area (Å²) >= 11 is 10.8. The van der Waals surface area contributed by atoms with Crippen molar-refractivity contribution >= 4 is 65.6 Å². The van der Waals surface area contributed by atoms with Crippen LogP contribution in [0, 0.1) is 0 Å². The highest BCUT2D eigenvalue weighted by atomic mass is 79.9. The molecular formula is C28H27Br2N3S2. The van der Waals surface area contributed by atoms with Crippen LogP contribution in [0.25, 0.3) is 43.0 Å². The molecule has 5 aromatic rings. The Labute approximate surface area is 231 Å². The molecule has 0 amide bonds. The van der Waals surface area contributed by atoms with Crippen LogP contribution >= 0.6 is 54.5 Å². The fourth-order valence-electron chi connectivity index (χ4n) is 4.43. The molecule has 3 nitrogen and oxygen atoms in total. The second kappa shape index (κ2) is 11.5. The predicted octanol–water partition coefficient (Wildman–Crippen LogP) is 10.4. The number of hydrogen-bond donors (Lipinski definition) is 0. The first-order valence-corrected chi connectivity index (χ1v) is 15.3. The summed E-state index contributed by atoms with van der Waals surface area (Å²) in [5.41, 5.74) is 6.64. The quantitative estimate of drug-likeness (QED) is 0.144. The first-order chi connectivity index (χ1) is 17.1. The van der Waals surface area contributed by atoms with Gasteiger partial charge in [0.15, 0.2) is 0 Å². The van der Waals surface area contributed by atoms with Crippen LogP contribution in [0.1, 0.15) is 45.4 Å². The third-order valence-corrected chi connectivity index (χ3v) is 9.46. The molecule has 0 atom stereocenters. The van der Waals surface area contributed by atoms with Crippen molar-refractivity contribution in [1.82, 2.24) is 15.0 Å². The molecule has 3 aromatic heterocycles. The number of halogens is 2. The monoisotopic (exact) mass is 627 g/mol. The molecule has 0 aliphatic rings. The second-order valence-electron chi connectivity index (χ2n) is 8.68. The third kappa shape index (κ3) is 5.63. The van der Waals surface area contributed by atoms with Crippen molar-refractivity contribution in [3.8, 4) is 32.0 Å². The zero-order chi connectivity index (χ0) is 24.2. The summed E-state index contributed by atoms with van der Waals surface area (Å²) in [6, 6.07) is 21.5. The van der Waals surface area contributed by atoms with Crippen molar-refractivity contribution in [3.63, 3.8) is 0 Å². The summed E-state index contributed by atoms with van der Waals surface area (Å²) in [7, 11) is 0. The molecule has 0 saturated heterocycles. The Bertz CT molecular complexity index is 1420. The Hall–Kier alpha value is -1.80. The van der Waals surface area contributed by atoms with E-state index in [2.05, 4.69) is 99.4 Å². The molecule has 7 heteroatoms. The number of unbranched alkanes of at least 4 members (excludes halogenated alkanes) is 5. The van der Waals surface area contributed by atoms with Gasteiger partial charge in [-0.3, -0.25) is 0 Å². The fraction of sp³-hybridized carbons (Fsp3) is 0.286. The highest BCUT2D eigenvalue weighted by molar-refractivity contribution is 9.11. The van der Waals surface area contributed by atoms with Gasteiger partial charge in [0.2, 0.25) is 0 Å². The van der Waals surface area contributed by atoms with Crippen molar-refractivity contribution in [2.75, 3.05) is 0 Å². The maximum Gasteiger partial charge on any atom is 0.123 e. The first-order valence-electron chi connectivity index (χ1n) is 12.1. The van der Waals surface area contributed by atoms with Gasteiger partial charge in [-0.1, -0.05) is 69.4 Å². The van der Waals surface area contributed by atoms with E-state index >= 15 is 0 Å². The van der Waals surface area contributed by atoms with Gasteiger partial charge in [-0.2, -0.15) is 15.0 Å². The lowest BCUT2D eigenvalue weighted by atomic mass is 9.94. The molecule has 2 aromatic carbocycles. The van der Waals surface area contributed by atoms with E-state index < -0.39 is 0 Å². The number of hydrogen-bond acceptors (Lipinski definition) is 4. The number of benzene rings is 2. The second-order valence-corrected chi connectivity index (χ2v) is 13.6. The van der Waals surface area contributed by atoms with E-state index in [1.54, 1.807) is 22.7 Å². The van der Waals surface area contributed by atoms with Crippen LogP contribution in [0.2, 0.25) is 0 Å². The van der Waals surface area contributed by atoms with Gasteiger partial charge in [-0.25, -0.2) is 0 Å². The summed E-state index contributed by atoms with van der Waals surface area (Å²) in [4.78, 5) is 4.33. The van der Waals surface area contributed by atoms with Crippen LogP contribution in [0.4, 0.5) is 0 Å². The zero-order valence-electron chi connectivity index (χ0n) is 19.6. The van der Waals surface area contributed by atoms with E-state index in [-0.39, 0.29) is 0 Å². The van der Waals surface area contributed by atoms with E-state index in [4.69, 9.17) is 10.2 Å². The summed E-state index contributed by atoms with van der Waals surface area (Å²) in [6.07, 6.45) is 7.54. The minimum Gasteiger partial charge on any atom is -0.184 e. The summed E-state index contributed by atoms with van der Waals surface area (Å²) < 4.78 is 2.23. The van der Waals surface area contributed by atoms with Crippen molar-refractivity contribution in [1.29, 1.82) is 0 Å². The van der Waals surface area contributed by atoms with E-state index in [0.717, 1.165) is 42.7 Å². The Morgan fingerprint density at radius 3 is 2.06 bits per heavy atom. The molecule has 0 aliphatic carbocycles. The number of rotatable bonds is 10. The lowest BCUT2D eigenvalue weighted by Crippen LogP contribution is -2.02. The van der Waals surface area contributed by atoms with Crippen LogP contribution in [-0.2, 0) is 6.54 Å². The molecule has 0 spiro atoms. The van der Waals surface area contributed by atoms with Crippen LogP contribution in [0.3, 0.4) is 0 Å². The van der Waals surface area contributed by atoms with Crippen molar-refractivity contribution in [2.24, 2.45) is 0 Å². The maximum absolute atomic E-state index is 5.10. The SMILES string of the molecule is CCCCCCCCn1nc2c(-c3ccc(Br)s3)cc(-c3ccccc3)c(-c3ccc(Br)s3)c2n1. The summed E-state index contributed by atoms with van der Waals surface area (Å²) in [6.45, 7) is 3.11. The minimum atomic E-state index is 0.850. The minimum absolute atomic E-state index is 0.850. The molecule has 0 aliphatic heterocycles. The van der Waals surface area contributed by atoms with Crippen molar-refractivity contribution in [2.45, 2.75) is 52.0 Å². The van der Waals surface area contributed by atoms with Crippen LogP contribution < -0.4 is 0 Å². The van der Waals surface area contributed by atoms with Gasteiger partial charge in [0, 0.05) is 20.9 Å². The molecule has 35 heavy (non-hydrogen) atoms. The third-order valence-electron chi connectivity index (χ3n) is 6.16. The standard InChI is InChI=1S/C28H27Br2N3S2/c1-2-3-4-5-6-10-17-33-31-27-21(22-13-15-24(29)34-22)18-20(19-11-8-7-9-12-19)26(28(27)32-33)23-14-16-25(30)35-23/h7-9,11-16,18H,2-6,10,17H2,1H3. The molecule has 0 N–H and O–H groups in total. The molecule has 180 valence electrons. The number of fused-ring (bicyclic) bond motifs is 1. The van der Waals surface area contributed by atoms with E-state index in [9.17, 15) is 0 Å². The fourth-order valence-corrected chi connectivity index (χ4v) is 7.28. The number of aromatic nitrogens is 3. The van der Waals surface area contributed by atoms with Gasteiger partial charge < -0.3 is 0 Å². The highest BCUT2D eigenvalue weighted by Gasteiger charge is 2.22. The molecule has 0 unspecified atom stereocenters. The molecule has 3 heterocycles. The van der Waals surface area contributed by atoms with Crippen molar-refractivity contribution < 1.29 is 0 Å². The Kier molecular flexibility index (Phi) is 8.18. The van der Waals surface area contributed by atoms with Gasteiger partial charge >= 0.3 is 0 Å². The predicted molar refractivity (Wildman–Crippen MR) is 158 cm³/mol. The van der Waals surface area contributed by atoms with Gasteiger partial charge in [-0.15, -0.1) is 22.7 Å². The molecule has 0 bridgehead atoms. The molecule has 0 fully saturated rings. The van der Waals surface area contributed by atoms with Crippen LogP contribution in [0.15, 0.2) is 68.2 Å². The summed E-state index contributed by atoms with van der Waals surface area (Å²) in [5, 5.41) is 10.2. The molecule has 0 radical (unpaired) electrons. The number of aryl methyl sites for hydroxylation is 1. The van der Waals surface area contributed by atoms with E-state index in [1.807, 2.05) is 4.80 Å². The van der Waals surface area contributed by atoms with Crippen molar-refractivity contribution in [3.05, 3.63) is 68.2 Å². The lowest BCUT2D eigenvalue weighted by Gasteiger charge is -2.12. The Morgan fingerprint density at radius 2 is 1.37 bits per heavy atom. The average Bonchev–Trinajstić information content (AvgIpc) is 3.60. The normalized spacial score (nSPS) is 11.5. The Morgan fingerprint density at radius 1 is 0.714 bits per heavy atom. The number of nitrogens with zero attached hydrogens (tertiary/aromatic N) is 3. The van der Waals surface area contributed by atoms with Gasteiger partial charge in [-0.05, 0) is 79.7 Å². The maximum atomic E-state index is 5.10. The Balaban J connectivity index is 1.65. The molecule has 0 saturated carbocycles. The largest absolute Gasteiger partial charge is 0.184 e. The van der Waals surface area contributed by atoms with E-state index in [1.165, 1.54) is 53.0 Å². The summed E-state index contributed by atoms with van der Waals surface area (Å²) in [5.74, 6) is 0. The van der Waals surface area contributed by atoms with Gasteiger partial charge in [0.05, 0.1) is 14.1 Å². The van der Waals surface area contributed by atoms with Gasteiger partial charge in [0.25, 0.3) is 0 Å². The topological polar surface area (TPSA) is 30.7 Å². The van der Waals surface area contributed by atoms with Crippen LogP contribution in [-0.4, -0.2) is 15.0 Å². The number of thiophene rings is 2. The van der Waals surface area contributed by atoms with Crippen LogP contribution in [0.5, 0.6) is 0 Å². The smallest absolute Gasteiger partial charge is 0.123 e. The van der Waals surface area contributed by atoms with E-state index in [0.29, 0.717) is 0 Å². The molecular weight excluding hydrogens is 602 g/mol. The highest BCUT2D eigenvalue weighted by Crippen LogP contribution is 2.46. The first kappa shape index (κ1) is 24.9. The molecule has 5 rings (SSSR count). The zero-order valence-corrected chi connectivity index (χ0v) is 24.4. The average molecular weight is 629 g/mol.